The van der Waals surface area contributed by atoms with Crippen LogP contribution in [-0.4, -0.2) is 18.5 Å². The largest absolute Gasteiger partial charge is 0.416 e. The molecule has 108 valence electrons. The molecule has 0 unspecified atom stereocenters. The van der Waals surface area contributed by atoms with Crippen molar-refractivity contribution in [2.24, 2.45) is 5.73 Å². The van der Waals surface area contributed by atoms with Gasteiger partial charge in [0.25, 0.3) is 0 Å². The first kappa shape index (κ1) is 17.7. The standard InChI is InChI=1S/C12H15F3N2O.ClH/c1-8(7-16)17-11(18)6-9-3-2-4-10(5-9)12(13,14)15;/h2-5,8H,6-7,16H2,1H3,(H,17,18);1H/t8-;/m0./s1. The van der Waals surface area contributed by atoms with Gasteiger partial charge in [0.15, 0.2) is 0 Å². The molecule has 0 bridgehead atoms. The fraction of sp³-hybridized carbons (Fsp3) is 0.417. The highest BCUT2D eigenvalue weighted by Gasteiger charge is 2.30. The van der Waals surface area contributed by atoms with Crippen molar-refractivity contribution < 1.29 is 18.0 Å². The number of alkyl halides is 3. The van der Waals surface area contributed by atoms with E-state index in [0.29, 0.717) is 5.56 Å². The highest BCUT2D eigenvalue weighted by Crippen LogP contribution is 2.29. The summed E-state index contributed by atoms with van der Waals surface area (Å²) in [6, 6.07) is 4.54. The lowest BCUT2D eigenvalue weighted by Gasteiger charge is -2.12. The van der Waals surface area contributed by atoms with Gasteiger partial charge in [-0.05, 0) is 18.6 Å². The maximum Gasteiger partial charge on any atom is 0.416 e. The van der Waals surface area contributed by atoms with E-state index in [9.17, 15) is 18.0 Å². The number of nitrogens with one attached hydrogen (secondary N) is 1. The Morgan fingerprint density at radius 2 is 2.05 bits per heavy atom. The quantitative estimate of drug-likeness (QED) is 0.894. The lowest BCUT2D eigenvalue weighted by molar-refractivity contribution is -0.137. The zero-order valence-corrected chi connectivity index (χ0v) is 11.1. The molecule has 3 nitrogen and oxygen atoms in total. The summed E-state index contributed by atoms with van der Waals surface area (Å²) in [5.41, 5.74) is 4.91. The van der Waals surface area contributed by atoms with E-state index < -0.39 is 11.7 Å². The molecule has 1 aromatic carbocycles. The van der Waals surface area contributed by atoms with E-state index in [1.807, 2.05) is 0 Å². The van der Waals surface area contributed by atoms with Crippen molar-refractivity contribution in [1.29, 1.82) is 0 Å². The van der Waals surface area contributed by atoms with Crippen LogP contribution >= 0.6 is 12.4 Å². The molecular formula is C12H16ClF3N2O. The molecule has 0 heterocycles. The molecule has 0 fully saturated rings. The molecule has 0 aromatic heterocycles. The Bertz CT molecular complexity index is 424. The highest BCUT2D eigenvalue weighted by molar-refractivity contribution is 5.85. The molecule has 1 aromatic rings. The van der Waals surface area contributed by atoms with Gasteiger partial charge in [-0.25, -0.2) is 0 Å². The van der Waals surface area contributed by atoms with Crippen molar-refractivity contribution in [3.05, 3.63) is 35.4 Å². The van der Waals surface area contributed by atoms with Crippen LogP contribution in [0.5, 0.6) is 0 Å². The molecule has 0 saturated carbocycles. The van der Waals surface area contributed by atoms with Crippen LogP contribution in [0.3, 0.4) is 0 Å². The predicted molar refractivity (Wildman–Crippen MR) is 69.1 cm³/mol. The minimum absolute atomic E-state index is 0. The number of amides is 1. The minimum Gasteiger partial charge on any atom is -0.352 e. The Morgan fingerprint density at radius 3 is 2.58 bits per heavy atom. The van der Waals surface area contributed by atoms with E-state index in [1.54, 1.807) is 6.92 Å². The van der Waals surface area contributed by atoms with Crippen LogP contribution in [0.4, 0.5) is 13.2 Å². The van der Waals surface area contributed by atoms with Crippen LogP contribution in [0.2, 0.25) is 0 Å². The molecule has 3 N–H and O–H groups in total. The van der Waals surface area contributed by atoms with Gasteiger partial charge in [-0.15, -0.1) is 12.4 Å². The Hall–Kier alpha value is -1.27. The van der Waals surface area contributed by atoms with Crippen LogP contribution in [0.25, 0.3) is 0 Å². The van der Waals surface area contributed by atoms with Crippen LogP contribution in [0.1, 0.15) is 18.1 Å². The normalized spacial score (nSPS) is 12.5. The molecule has 0 aliphatic rings. The van der Waals surface area contributed by atoms with E-state index in [-0.39, 0.29) is 37.3 Å². The second kappa shape index (κ2) is 7.35. The van der Waals surface area contributed by atoms with E-state index in [4.69, 9.17) is 5.73 Å². The smallest absolute Gasteiger partial charge is 0.352 e. The maximum atomic E-state index is 12.5. The number of carbonyl (C=O) groups is 1. The Balaban J connectivity index is 0.00000324. The zero-order valence-electron chi connectivity index (χ0n) is 10.3. The van der Waals surface area contributed by atoms with Crippen LogP contribution in [0, 0.1) is 0 Å². The number of nitrogens with two attached hydrogens (primary N) is 1. The van der Waals surface area contributed by atoms with Gasteiger partial charge in [-0.1, -0.05) is 18.2 Å². The molecular weight excluding hydrogens is 281 g/mol. The van der Waals surface area contributed by atoms with Crippen molar-refractivity contribution in [2.75, 3.05) is 6.54 Å². The molecule has 19 heavy (non-hydrogen) atoms. The highest BCUT2D eigenvalue weighted by atomic mass is 35.5. The lowest BCUT2D eigenvalue weighted by Crippen LogP contribution is -2.38. The van der Waals surface area contributed by atoms with Crippen molar-refractivity contribution in [2.45, 2.75) is 25.6 Å². The number of benzene rings is 1. The van der Waals surface area contributed by atoms with Gasteiger partial charge >= 0.3 is 6.18 Å². The molecule has 0 spiro atoms. The van der Waals surface area contributed by atoms with E-state index >= 15 is 0 Å². The number of hydrogen-bond donors (Lipinski definition) is 2. The van der Waals surface area contributed by atoms with Crippen LogP contribution in [-0.2, 0) is 17.4 Å². The number of carbonyl (C=O) groups excluding carboxylic acids is 1. The first-order valence-corrected chi connectivity index (χ1v) is 5.48. The Labute approximate surface area is 115 Å². The van der Waals surface area contributed by atoms with Gasteiger partial charge in [-0.3, -0.25) is 4.79 Å². The van der Waals surface area contributed by atoms with Gasteiger partial charge in [0.05, 0.1) is 12.0 Å². The summed E-state index contributed by atoms with van der Waals surface area (Å²) in [7, 11) is 0. The average molecular weight is 297 g/mol. The first-order chi connectivity index (χ1) is 8.32. The Morgan fingerprint density at radius 1 is 1.42 bits per heavy atom. The third kappa shape index (κ3) is 5.94. The van der Waals surface area contributed by atoms with E-state index in [2.05, 4.69) is 5.32 Å². The fourth-order valence-corrected chi connectivity index (χ4v) is 1.43. The predicted octanol–water partition coefficient (Wildman–Crippen LogP) is 2.13. The summed E-state index contributed by atoms with van der Waals surface area (Å²) in [5, 5.41) is 2.59. The fourth-order valence-electron chi connectivity index (χ4n) is 1.43. The monoisotopic (exact) mass is 296 g/mol. The molecule has 7 heteroatoms. The summed E-state index contributed by atoms with van der Waals surface area (Å²) in [4.78, 5) is 11.5. The summed E-state index contributed by atoms with van der Waals surface area (Å²) >= 11 is 0. The molecule has 1 atom stereocenters. The van der Waals surface area contributed by atoms with Gasteiger partial charge in [0.1, 0.15) is 0 Å². The summed E-state index contributed by atoms with van der Waals surface area (Å²) < 4.78 is 37.4. The van der Waals surface area contributed by atoms with E-state index in [0.717, 1.165) is 12.1 Å². The van der Waals surface area contributed by atoms with Crippen LogP contribution < -0.4 is 11.1 Å². The van der Waals surface area contributed by atoms with Gasteiger partial charge in [0, 0.05) is 12.6 Å². The number of hydrogen-bond acceptors (Lipinski definition) is 2. The first-order valence-electron chi connectivity index (χ1n) is 5.48. The second-order valence-corrected chi connectivity index (χ2v) is 4.08. The average Bonchev–Trinajstić information content (AvgIpc) is 2.27. The number of rotatable bonds is 4. The van der Waals surface area contributed by atoms with Crippen molar-refractivity contribution in [3.63, 3.8) is 0 Å². The maximum absolute atomic E-state index is 12.5. The minimum atomic E-state index is -4.39. The summed E-state index contributed by atoms with van der Waals surface area (Å²) in [6.07, 6.45) is -4.48. The molecule has 0 aliphatic heterocycles. The van der Waals surface area contributed by atoms with Crippen molar-refractivity contribution in [1.82, 2.24) is 5.32 Å². The molecule has 1 rings (SSSR count). The molecule has 1 amide bonds. The topological polar surface area (TPSA) is 55.1 Å². The summed E-state index contributed by atoms with van der Waals surface area (Å²) in [6.45, 7) is 2.01. The van der Waals surface area contributed by atoms with Gasteiger partial charge in [0.2, 0.25) is 5.91 Å². The molecule has 0 radical (unpaired) electrons. The third-order valence-corrected chi connectivity index (χ3v) is 2.38. The SMILES string of the molecule is C[C@@H](CN)NC(=O)Cc1cccc(C(F)(F)F)c1.Cl. The van der Waals surface area contributed by atoms with Gasteiger partial charge in [-0.2, -0.15) is 13.2 Å². The van der Waals surface area contributed by atoms with Crippen molar-refractivity contribution in [3.8, 4) is 0 Å². The lowest BCUT2D eigenvalue weighted by atomic mass is 10.1. The van der Waals surface area contributed by atoms with Gasteiger partial charge < -0.3 is 11.1 Å². The third-order valence-electron chi connectivity index (χ3n) is 2.38. The molecule has 0 saturated heterocycles. The molecule has 0 aliphatic carbocycles. The summed E-state index contributed by atoms with van der Waals surface area (Å²) in [5.74, 6) is -0.340. The van der Waals surface area contributed by atoms with Crippen LogP contribution in [0.15, 0.2) is 24.3 Å². The van der Waals surface area contributed by atoms with E-state index in [1.165, 1.54) is 12.1 Å². The Kier molecular flexibility index (Phi) is 6.86. The number of halogens is 4. The van der Waals surface area contributed by atoms with Crippen molar-refractivity contribution >= 4 is 18.3 Å². The zero-order chi connectivity index (χ0) is 13.8. The second-order valence-electron chi connectivity index (χ2n) is 4.08.